The van der Waals surface area contributed by atoms with Crippen molar-refractivity contribution >= 4 is 5.95 Å². The van der Waals surface area contributed by atoms with E-state index in [4.69, 9.17) is 0 Å². The summed E-state index contributed by atoms with van der Waals surface area (Å²) in [6, 6.07) is 5.31. The monoisotopic (exact) mass is 248 g/mol. The Balaban J connectivity index is 2.53. The van der Waals surface area contributed by atoms with Gasteiger partial charge in [0.05, 0.1) is 5.56 Å². The van der Waals surface area contributed by atoms with Gasteiger partial charge in [0.15, 0.2) is 5.82 Å². The number of benzene rings is 1. The van der Waals surface area contributed by atoms with Crippen LogP contribution in [0.5, 0.6) is 0 Å². The lowest BCUT2D eigenvalue weighted by Crippen LogP contribution is -2.07. The maximum Gasteiger partial charge on any atom is 0.224 e. The van der Waals surface area contributed by atoms with Crippen LogP contribution in [0, 0.1) is 12.7 Å². The topological polar surface area (TPSA) is 42.7 Å². The highest BCUT2D eigenvalue weighted by Gasteiger charge is 2.16. The molecule has 18 heavy (non-hydrogen) atoms. The lowest BCUT2D eigenvalue weighted by atomic mass is 10.1. The molecule has 0 spiro atoms. The molecule has 0 aliphatic rings. The average Bonchev–Trinajstić information content (AvgIpc) is 2.76. The summed E-state index contributed by atoms with van der Waals surface area (Å²) < 4.78 is 16.0. The second-order valence-electron chi connectivity index (χ2n) is 4.06. The van der Waals surface area contributed by atoms with Crippen molar-refractivity contribution in [2.45, 2.75) is 27.3 Å². The van der Waals surface area contributed by atoms with Gasteiger partial charge in [-0.2, -0.15) is 0 Å². The standard InChI is InChI=1S/C13H17FN4/c1-4-15-13-17-16-12(18(13)5-2)10-8-6-7-9(3)11(10)14/h6-8H,4-5H2,1-3H3,(H,15,17). The molecule has 4 nitrogen and oxygen atoms in total. The van der Waals surface area contributed by atoms with Crippen LogP contribution in [-0.4, -0.2) is 21.3 Å². The van der Waals surface area contributed by atoms with Gasteiger partial charge in [0.1, 0.15) is 5.82 Å². The Morgan fingerprint density at radius 1 is 1.28 bits per heavy atom. The van der Waals surface area contributed by atoms with Gasteiger partial charge in [-0.25, -0.2) is 4.39 Å². The number of rotatable bonds is 4. The van der Waals surface area contributed by atoms with Crippen molar-refractivity contribution in [2.24, 2.45) is 0 Å². The lowest BCUT2D eigenvalue weighted by Gasteiger charge is -2.09. The van der Waals surface area contributed by atoms with Gasteiger partial charge in [-0.1, -0.05) is 12.1 Å². The predicted octanol–water partition coefficient (Wildman–Crippen LogP) is 2.84. The van der Waals surface area contributed by atoms with E-state index in [0.717, 1.165) is 6.54 Å². The second kappa shape index (κ2) is 5.16. The van der Waals surface area contributed by atoms with Gasteiger partial charge >= 0.3 is 0 Å². The van der Waals surface area contributed by atoms with E-state index in [9.17, 15) is 4.39 Å². The Bertz CT molecular complexity index is 548. The Kier molecular flexibility index (Phi) is 3.60. The first kappa shape index (κ1) is 12.5. The van der Waals surface area contributed by atoms with E-state index in [2.05, 4.69) is 15.5 Å². The van der Waals surface area contributed by atoms with Crippen LogP contribution in [0.4, 0.5) is 10.3 Å². The van der Waals surface area contributed by atoms with Crippen molar-refractivity contribution in [1.29, 1.82) is 0 Å². The zero-order valence-corrected chi connectivity index (χ0v) is 10.9. The zero-order valence-electron chi connectivity index (χ0n) is 10.9. The molecule has 0 bridgehead atoms. The smallest absolute Gasteiger partial charge is 0.224 e. The lowest BCUT2D eigenvalue weighted by molar-refractivity contribution is 0.618. The van der Waals surface area contributed by atoms with Crippen molar-refractivity contribution in [3.63, 3.8) is 0 Å². The van der Waals surface area contributed by atoms with E-state index in [0.29, 0.717) is 29.4 Å². The van der Waals surface area contributed by atoms with Crippen LogP contribution >= 0.6 is 0 Å². The highest BCUT2D eigenvalue weighted by Crippen LogP contribution is 2.25. The summed E-state index contributed by atoms with van der Waals surface area (Å²) in [5, 5.41) is 11.3. The minimum atomic E-state index is -0.234. The van der Waals surface area contributed by atoms with Gasteiger partial charge < -0.3 is 5.32 Å². The average molecular weight is 248 g/mol. The van der Waals surface area contributed by atoms with Crippen molar-refractivity contribution in [2.75, 3.05) is 11.9 Å². The molecule has 0 unspecified atom stereocenters. The van der Waals surface area contributed by atoms with Crippen molar-refractivity contribution in [3.8, 4) is 11.4 Å². The molecular weight excluding hydrogens is 231 g/mol. The van der Waals surface area contributed by atoms with Gasteiger partial charge in [0, 0.05) is 13.1 Å². The number of hydrogen-bond acceptors (Lipinski definition) is 3. The van der Waals surface area contributed by atoms with E-state index in [1.165, 1.54) is 0 Å². The molecule has 1 N–H and O–H groups in total. The summed E-state index contributed by atoms with van der Waals surface area (Å²) in [6.45, 7) is 7.17. The maximum atomic E-state index is 14.1. The van der Waals surface area contributed by atoms with Crippen LogP contribution < -0.4 is 5.32 Å². The van der Waals surface area contributed by atoms with Crippen LogP contribution in [0.25, 0.3) is 11.4 Å². The molecule has 0 saturated carbocycles. The SMILES string of the molecule is CCNc1nnc(-c2cccc(C)c2F)n1CC. The van der Waals surface area contributed by atoms with Crippen molar-refractivity contribution < 1.29 is 4.39 Å². The molecule has 96 valence electrons. The van der Waals surface area contributed by atoms with Crippen LogP contribution in [0.2, 0.25) is 0 Å². The van der Waals surface area contributed by atoms with E-state index < -0.39 is 0 Å². The van der Waals surface area contributed by atoms with Gasteiger partial charge in [0.25, 0.3) is 0 Å². The molecule has 1 aromatic carbocycles. The van der Waals surface area contributed by atoms with Gasteiger partial charge in [0.2, 0.25) is 5.95 Å². The van der Waals surface area contributed by atoms with Gasteiger partial charge in [-0.3, -0.25) is 4.57 Å². The second-order valence-corrected chi connectivity index (χ2v) is 4.06. The molecular formula is C13H17FN4. The normalized spacial score (nSPS) is 10.7. The first-order valence-corrected chi connectivity index (χ1v) is 6.11. The highest BCUT2D eigenvalue weighted by atomic mass is 19.1. The van der Waals surface area contributed by atoms with Gasteiger partial charge in [-0.05, 0) is 32.4 Å². The fraction of sp³-hybridized carbons (Fsp3) is 0.385. The molecule has 2 rings (SSSR count). The number of aryl methyl sites for hydroxylation is 1. The molecule has 1 heterocycles. The number of aromatic nitrogens is 3. The minimum Gasteiger partial charge on any atom is -0.355 e. The summed E-state index contributed by atoms with van der Waals surface area (Å²) in [7, 11) is 0. The van der Waals surface area contributed by atoms with Crippen LogP contribution in [0.15, 0.2) is 18.2 Å². The third kappa shape index (κ3) is 2.08. The maximum absolute atomic E-state index is 14.1. The first-order valence-electron chi connectivity index (χ1n) is 6.11. The summed E-state index contributed by atoms with van der Waals surface area (Å²) in [6.07, 6.45) is 0. The quantitative estimate of drug-likeness (QED) is 0.904. The zero-order chi connectivity index (χ0) is 13.1. The molecule has 5 heteroatoms. The molecule has 0 radical (unpaired) electrons. The Morgan fingerprint density at radius 2 is 2.06 bits per heavy atom. The Hall–Kier alpha value is -1.91. The molecule has 0 atom stereocenters. The largest absolute Gasteiger partial charge is 0.355 e. The summed E-state index contributed by atoms with van der Waals surface area (Å²) >= 11 is 0. The summed E-state index contributed by atoms with van der Waals surface area (Å²) in [4.78, 5) is 0. The Morgan fingerprint density at radius 3 is 2.72 bits per heavy atom. The number of nitrogens with one attached hydrogen (secondary N) is 1. The minimum absolute atomic E-state index is 0.234. The van der Waals surface area contributed by atoms with Crippen LogP contribution in [0.3, 0.4) is 0 Å². The van der Waals surface area contributed by atoms with Crippen molar-refractivity contribution in [1.82, 2.24) is 14.8 Å². The van der Waals surface area contributed by atoms with E-state index in [-0.39, 0.29) is 5.82 Å². The number of hydrogen-bond donors (Lipinski definition) is 1. The van der Waals surface area contributed by atoms with Crippen LogP contribution in [-0.2, 0) is 6.54 Å². The number of nitrogens with zero attached hydrogens (tertiary/aromatic N) is 3. The van der Waals surface area contributed by atoms with Crippen LogP contribution in [0.1, 0.15) is 19.4 Å². The molecule has 2 aromatic rings. The van der Waals surface area contributed by atoms with Crippen molar-refractivity contribution in [3.05, 3.63) is 29.6 Å². The first-order chi connectivity index (χ1) is 8.69. The molecule has 0 fully saturated rings. The molecule has 0 aliphatic carbocycles. The van der Waals surface area contributed by atoms with E-state index in [1.54, 1.807) is 19.1 Å². The molecule has 0 aliphatic heterocycles. The fourth-order valence-electron chi connectivity index (χ4n) is 1.91. The third-order valence-electron chi connectivity index (χ3n) is 2.83. The number of halogens is 1. The molecule has 0 saturated heterocycles. The van der Waals surface area contributed by atoms with E-state index in [1.807, 2.05) is 24.5 Å². The fourth-order valence-corrected chi connectivity index (χ4v) is 1.91. The highest BCUT2D eigenvalue weighted by molar-refractivity contribution is 5.59. The van der Waals surface area contributed by atoms with Gasteiger partial charge in [-0.15, -0.1) is 10.2 Å². The third-order valence-corrected chi connectivity index (χ3v) is 2.83. The number of anilines is 1. The predicted molar refractivity (Wildman–Crippen MR) is 70.0 cm³/mol. The molecule has 1 aromatic heterocycles. The molecule has 0 amide bonds. The van der Waals surface area contributed by atoms with E-state index >= 15 is 0 Å². The summed E-state index contributed by atoms with van der Waals surface area (Å²) in [5.41, 5.74) is 1.11. The Labute approximate surface area is 106 Å². The summed E-state index contributed by atoms with van der Waals surface area (Å²) in [5.74, 6) is 1.01.